The first-order chi connectivity index (χ1) is 19.7. The van der Waals surface area contributed by atoms with Crippen molar-refractivity contribution in [2.45, 2.75) is 24.3 Å². The zero-order valence-electron chi connectivity index (χ0n) is 21.5. The van der Waals surface area contributed by atoms with E-state index in [2.05, 4.69) is 37.7 Å². The van der Waals surface area contributed by atoms with Crippen LogP contribution in [0.3, 0.4) is 0 Å². The molecule has 0 amide bonds. The van der Waals surface area contributed by atoms with E-state index in [4.69, 9.17) is 46.4 Å². The summed E-state index contributed by atoms with van der Waals surface area (Å²) in [4.78, 5) is 4.41. The first-order valence-corrected chi connectivity index (χ1v) is 14.2. The molecule has 2 aliphatic rings. The number of nitriles is 1. The molecule has 0 spiro atoms. The van der Waals surface area contributed by atoms with Crippen molar-refractivity contribution >= 4 is 82.2 Å². The van der Waals surface area contributed by atoms with Crippen LogP contribution in [0, 0.1) is 17.1 Å². The zero-order chi connectivity index (χ0) is 28.9. The predicted molar refractivity (Wildman–Crippen MR) is 166 cm³/mol. The van der Waals surface area contributed by atoms with Gasteiger partial charge in [-0.3, -0.25) is 9.99 Å². The Labute approximate surface area is 256 Å². The van der Waals surface area contributed by atoms with Gasteiger partial charge in [-0.25, -0.2) is 4.39 Å². The van der Waals surface area contributed by atoms with Crippen LogP contribution in [-0.2, 0) is 5.44 Å². The van der Waals surface area contributed by atoms with E-state index in [0.717, 1.165) is 24.1 Å². The lowest BCUT2D eigenvalue weighted by atomic mass is 9.69. The van der Waals surface area contributed by atoms with Crippen LogP contribution in [0.1, 0.15) is 24.0 Å². The smallest absolute Gasteiger partial charge is 0.166 e. The quantitative estimate of drug-likeness (QED) is 0.132. The molecule has 1 unspecified atom stereocenters. The standard InChI is InChI=1S/C28H21BCl4FN7/c29-28(18-3-1-2-4-19(18)30,23-13-41(40-39-23)16-5-6-16)38-15-9-17-26(14(11-35)12-36-27(17)21(32)10-15)37-22-8-7-20(31)24(33)25(22)34/h1-4,7-10,12-13,16,38-40H,5-6,29H2,(H,36,37). The third kappa shape index (κ3) is 5.11. The summed E-state index contributed by atoms with van der Waals surface area (Å²) in [6.07, 6.45) is 5.64. The van der Waals surface area contributed by atoms with Gasteiger partial charge < -0.3 is 16.1 Å². The van der Waals surface area contributed by atoms with Crippen molar-refractivity contribution in [3.05, 3.63) is 104 Å². The average Bonchev–Trinajstić information content (AvgIpc) is 3.69. The maximum atomic E-state index is 15.0. The third-order valence-electron chi connectivity index (χ3n) is 7.21. The van der Waals surface area contributed by atoms with Gasteiger partial charge in [-0.2, -0.15) is 5.26 Å². The van der Waals surface area contributed by atoms with E-state index >= 15 is 4.39 Å². The first kappa shape index (κ1) is 27.8. The lowest BCUT2D eigenvalue weighted by molar-refractivity contribution is 0.260. The van der Waals surface area contributed by atoms with Gasteiger partial charge in [0.15, 0.2) is 5.82 Å². The van der Waals surface area contributed by atoms with E-state index in [0.29, 0.717) is 38.4 Å². The molecule has 1 aliphatic carbocycles. The Morgan fingerprint density at radius 3 is 2.59 bits per heavy atom. The zero-order valence-corrected chi connectivity index (χ0v) is 24.5. The second kappa shape index (κ2) is 10.8. The minimum absolute atomic E-state index is 0.0466. The normalized spacial score (nSPS) is 16.1. The lowest BCUT2D eigenvalue weighted by Gasteiger charge is -2.34. The minimum atomic E-state index is -0.838. The van der Waals surface area contributed by atoms with Crippen LogP contribution in [0.5, 0.6) is 0 Å². The monoisotopic (exact) mass is 625 g/mol. The number of anilines is 3. The summed E-state index contributed by atoms with van der Waals surface area (Å²) < 4.78 is 15.0. The molecule has 3 aromatic carbocycles. The molecule has 4 N–H and O–H groups in total. The number of nitrogens with one attached hydrogen (secondary N) is 4. The molecule has 1 atom stereocenters. The van der Waals surface area contributed by atoms with Crippen molar-refractivity contribution in [3.8, 4) is 6.07 Å². The Bertz CT molecular complexity index is 1780. The van der Waals surface area contributed by atoms with Gasteiger partial charge in [-0.05, 0) is 48.7 Å². The van der Waals surface area contributed by atoms with Crippen LogP contribution in [0.25, 0.3) is 10.9 Å². The molecule has 41 heavy (non-hydrogen) atoms. The predicted octanol–water partition coefficient (Wildman–Crippen LogP) is 6.83. The molecule has 0 radical (unpaired) electrons. The van der Waals surface area contributed by atoms with Gasteiger partial charge in [0.1, 0.15) is 13.9 Å². The van der Waals surface area contributed by atoms with Crippen LogP contribution in [-0.4, -0.2) is 23.9 Å². The van der Waals surface area contributed by atoms with Crippen molar-refractivity contribution in [1.82, 2.24) is 21.0 Å². The Balaban J connectivity index is 1.48. The van der Waals surface area contributed by atoms with Gasteiger partial charge in [0.2, 0.25) is 0 Å². The van der Waals surface area contributed by atoms with E-state index in [1.807, 2.05) is 44.4 Å². The fourth-order valence-corrected chi connectivity index (χ4v) is 5.78. The van der Waals surface area contributed by atoms with Crippen LogP contribution in [0.15, 0.2) is 66.6 Å². The fraction of sp³-hybridized carbons (Fsp3) is 0.143. The summed E-state index contributed by atoms with van der Waals surface area (Å²) in [5.74, 6) is -0.744. The second-order valence-corrected chi connectivity index (χ2v) is 11.6. The van der Waals surface area contributed by atoms with E-state index in [9.17, 15) is 5.26 Å². The lowest BCUT2D eigenvalue weighted by Crippen LogP contribution is -2.45. The highest BCUT2D eigenvalue weighted by Crippen LogP contribution is 2.41. The van der Waals surface area contributed by atoms with E-state index in [-0.39, 0.29) is 21.3 Å². The number of hydrogen-bond donors (Lipinski definition) is 4. The molecular weight excluding hydrogens is 606 g/mol. The second-order valence-electron chi connectivity index (χ2n) is 10.0. The van der Waals surface area contributed by atoms with Gasteiger partial charge in [-0.15, -0.1) is 5.53 Å². The summed E-state index contributed by atoms with van der Waals surface area (Å²) in [6, 6.07) is 16.6. The number of pyridine rings is 1. The molecule has 2 heterocycles. The maximum Gasteiger partial charge on any atom is 0.166 e. The van der Waals surface area contributed by atoms with Crippen molar-refractivity contribution in [2.24, 2.45) is 0 Å². The van der Waals surface area contributed by atoms with Crippen molar-refractivity contribution in [3.63, 3.8) is 0 Å². The largest absolute Gasteiger partial charge is 0.378 e. The summed E-state index contributed by atoms with van der Waals surface area (Å²) in [5.41, 5.74) is 8.96. The Morgan fingerprint density at radius 1 is 1.07 bits per heavy atom. The van der Waals surface area contributed by atoms with Crippen molar-refractivity contribution < 1.29 is 4.39 Å². The molecule has 1 aliphatic heterocycles. The molecule has 4 aromatic rings. The number of rotatable bonds is 7. The molecule has 13 heteroatoms. The van der Waals surface area contributed by atoms with Gasteiger partial charge in [0.25, 0.3) is 0 Å². The molecule has 0 saturated heterocycles. The number of aromatic nitrogens is 1. The van der Waals surface area contributed by atoms with Crippen LogP contribution < -0.4 is 21.6 Å². The molecule has 1 aromatic heterocycles. The van der Waals surface area contributed by atoms with E-state index in [1.165, 1.54) is 18.3 Å². The molecular formula is C28H21BCl4FN7. The Morgan fingerprint density at radius 2 is 1.85 bits per heavy atom. The average molecular weight is 627 g/mol. The molecule has 6 rings (SSSR count). The number of fused-ring (bicyclic) bond motifs is 1. The number of hydrogen-bond acceptors (Lipinski definition) is 7. The molecule has 206 valence electrons. The van der Waals surface area contributed by atoms with Gasteiger partial charge >= 0.3 is 0 Å². The fourth-order valence-electron chi connectivity index (χ4n) is 4.88. The third-order valence-corrected chi connectivity index (χ3v) is 8.61. The van der Waals surface area contributed by atoms with Gasteiger partial charge in [-0.1, -0.05) is 64.6 Å². The van der Waals surface area contributed by atoms with E-state index in [1.54, 1.807) is 6.07 Å². The molecule has 0 bridgehead atoms. The highest BCUT2D eigenvalue weighted by molar-refractivity contribution is 6.42. The van der Waals surface area contributed by atoms with Gasteiger partial charge in [0.05, 0.1) is 48.7 Å². The van der Waals surface area contributed by atoms with Crippen LogP contribution >= 0.6 is 46.4 Å². The molecule has 1 fully saturated rings. The Kier molecular flexibility index (Phi) is 7.31. The summed E-state index contributed by atoms with van der Waals surface area (Å²) >= 11 is 25.5. The van der Waals surface area contributed by atoms with Crippen LogP contribution in [0.4, 0.5) is 21.5 Å². The Hall–Kier alpha value is -3.39. The SMILES string of the molecule is BC(Nc1cc(Cl)c2ncc(C#N)c(Nc3ccc(Cl)c(Cl)c3F)c2c1)(C1=CN(C2CC2)NN1)c1ccccc1Cl. The number of nitrogens with zero attached hydrogens (tertiary/aromatic N) is 3. The highest BCUT2D eigenvalue weighted by atomic mass is 35.5. The highest BCUT2D eigenvalue weighted by Gasteiger charge is 2.39. The first-order valence-electron chi connectivity index (χ1n) is 12.7. The van der Waals surface area contributed by atoms with Gasteiger partial charge in [0, 0.05) is 34.5 Å². The maximum absolute atomic E-state index is 15.0. The molecule has 1 saturated carbocycles. The number of hydrazine groups is 2. The van der Waals surface area contributed by atoms with E-state index < -0.39 is 11.3 Å². The topological polar surface area (TPSA) is 88.0 Å². The summed E-state index contributed by atoms with van der Waals surface area (Å²) in [6.45, 7) is 0. The van der Waals surface area contributed by atoms with Crippen LogP contribution in [0.2, 0.25) is 20.1 Å². The molecule has 7 nitrogen and oxygen atoms in total. The van der Waals surface area contributed by atoms with Crippen molar-refractivity contribution in [1.29, 1.82) is 5.26 Å². The minimum Gasteiger partial charge on any atom is -0.378 e. The summed E-state index contributed by atoms with van der Waals surface area (Å²) in [5, 5.41) is 19.8. The number of benzene rings is 3. The van der Waals surface area contributed by atoms with Crippen molar-refractivity contribution in [2.75, 3.05) is 10.6 Å². The number of halogens is 5. The summed E-state index contributed by atoms with van der Waals surface area (Å²) in [7, 11) is 2.01.